The highest BCUT2D eigenvalue weighted by Gasteiger charge is 2.11. The van der Waals surface area contributed by atoms with E-state index in [4.69, 9.17) is 0 Å². The summed E-state index contributed by atoms with van der Waals surface area (Å²) in [6.07, 6.45) is 0. The Bertz CT molecular complexity index is 510. The van der Waals surface area contributed by atoms with Crippen LogP contribution in [0.25, 0.3) is 0 Å². The molecule has 1 aromatic heterocycles. The van der Waals surface area contributed by atoms with Crippen LogP contribution in [0, 0.1) is 0 Å². The Labute approximate surface area is 113 Å². The van der Waals surface area contributed by atoms with E-state index in [1.165, 1.54) is 0 Å². The Balaban J connectivity index is 2.07. The van der Waals surface area contributed by atoms with Gasteiger partial charge < -0.3 is 5.32 Å². The Morgan fingerprint density at radius 3 is 2.82 bits per heavy atom. The molecule has 1 amide bonds. The fourth-order valence-corrected chi connectivity index (χ4v) is 2.65. The predicted octanol–water partition coefficient (Wildman–Crippen LogP) is 4.00. The fourth-order valence-electron chi connectivity index (χ4n) is 1.52. The third-order valence-corrected chi connectivity index (χ3v) is 3.95. The number of halogens is 1. The van der Waals surface area contributed by atoms with E-state index >= 15 is 0 Å². The van der Waals surface area contributed by atoms with Crippen LogP contribution in [0.15, 0.2) is 46.3 Å². The van der Waals surface area contributed by atoms with Crippen molar-refractivity contribution in [3.8, 4) is 0 Å². The molecule has 4 heteroatoms. The molecule has 17 heavy (non-hydrogen) atoms. The van der Waals surface area contributed by atoms with Gasteiger partial charge in [-0.05, 0) is 36.6 Å². The van der Waals surface area contributed by atoms with Crippen LogP contribution in [-0.2, 0) is 0 Å². The molecule has 0 saturated heterocycles. The van der Waals surface area contributed by atoms with Crippen LogP contribution < -0.4 is 5.32 Å². The quantitative estimate of drug-likeness (QED) is 0.912. The van der Waals surface area contributed by atoms with Gasteiger partial charge in [-0.25, -0.2) is 0 Å². The van der Waals surface area contributed by atoms with Gasteiger partial charge in [0.15, 0.2) is 0 Å². The maximum Gasteiger partial charge on any atom is 0.251 e. The summed E-state index contributed by atoms with van der Waals surface area (Å²) in [6, 6.07) is 11.4. The standard InChI is InChI=1S/C13H12BrNOS/c1-9(12-6-3-7-17-12)15-13(16)10-4-2-5-11(14)8-10/h2-9H,1H3,(H,15,16)/t9-/m1/s1. The highest BCUT2D eigenvalue weighted by molar-refractivity contribution is 9.10. The van der Waals surface area contributed by atoms with E-state index in [2.05, 4.69) is 21.2 Å². The highest BCUT2D eigenvalue weighted by atomic mass is 79.9. The largest absolute Gasteiger partial charge is 0.345 e. The zero-order valence-electron chi connectivity index (χ0n) is 9.31. The number of thiophene rings is 1. The first kappa shape index (κ1) is 12.3. The number of nitrogens with one attached hydrogen (secondary N) is 1. The van der Waals surface area contributed by atoms with E-state index in [1.807, 2.05) is 42.6 Å². The predicted molar refractivity (Wildman–Crippen MR) is 74.3 cm³/mol. The monoisotopic (exact) mass is 309 g/mol. The van der Waals surface area contributed by atoms with Gasteiger partial charge in [-0.15, -0.1) is 11.3 Å². The number of carbonyl (C=O) groups excluding carboxylic acids is 1. The van der Waals surface area contributed by atoms with Crippen molar-refractivity contribution in [3.05, 3.63) is 56.7 Å². The van der Waals surface area contributed by atoms with Gasteiger partial charge in [0, 0.05) is 14.9 Å². The normalized spacial score (nSPS) is 12.1. The summed E-state index contributed by atoms with van der Waals surface area (Å²) < 4.78 is 0.911. The minimum atomic E-state index is -0.0489. The average Bonchev–Trinajstić information content (AvgIpc) is 2.82. The number of hydrogen-bond donors (Lipinski definition) is 1. The molecular formula is C13H12BrNOS. The molecule has 0 bridgehead atoms. The molecule has 0 radical (unpaired) electrons. The average molecular weight is 310 g/mol. The van der Waals surface area contributed by atoms with E-state index in [-0.39, 0.29) is 11.9 Å². The summed E-state index contributed by atoms with van der Waals surface area (Å²) in [6.45, 7) is 1.99. The topological polar surface area (TPSA) is 29.1 Å². The van der Waals surface area contributed by atoms with Crippen LogP contribution in [0.2, 0.25) is 0 Å². The smallest absolute Gasteiger partial charge is 0.251 e. The zero-order valence-corrected chi connectivity index (χ0v) is 11.7. The van der Waals surface area contributed by atoms with Crippen LogP contribution in [0.1, 0.15) is 28.2 Å². The van der Waals surface area contributed by atoms with E-state index in [1.54, 1.807) is 17.4 Å². The van der Waals surface area contributed by atoms with Crippen LogP contribution in [0.4, 0.5) is 0 Å². The molecule has 1 N–H and O–H groups in total. The van der Waals surface area contributed by atoms with Crippen molar-refractivity contribution in [1.82, 2.24) is 5.32 Å². The summed E-state index contributed by atoms with van der Waals surface area (Å²) in [5.74, 6) is -0.0489. The molecule has 2 rings (SSSR count). The van der Waals surface area contributed by atoms with Crippen LogP contribution in [-0.4, -0.2) is 5.91 Å². The SMILES string of the molecule is C[C@@H](NC(=O)c1cccc(Br)c1)c1cccs1. The zero-order chi connectivity index (χ0) is 12.3. The molecule has 2 aromatic rings. The summed E-state index contributed by atoms with van der Waals surface area (Å²) in [7, 11) is 0. The molecule has 0 saturated carbocycles. The lowest BCUT2D eigenvalue weighted by molar-refractivity contribution is 0.0940. The van der Waals surface area contributed by atoms with Gasteiger partial charge in [0.05, 0.1) is 6.04 Å². The van der Waals surface area contributed by atoms with Gasteiger partial charge in [0.1, 0.15) is 0 Å². The molecule has 1 aromatic carbocycles. The van der Waals surface area contributed by atoms with Crippen molar-refractivity contribution in [2.75, 3.05) is 0 Å². The molecule has 0 fully saturated rings. The summed E-state index contributed by atoms with van der Waals surface area (Å²) >= 11 is 5.00. The Morgan fingerprint density at radius 1 is 1.35 bits per heavy atom. The number of carbonyl (C=O) groups is 1. The van der Waals surface area contributed by atoms with Crippen molar-refractivity contribution in [3.63, 3.8) is 0 Å². The van der Waals surface area contributed by atoms with Gasteiger partial charge in [-0.1, -0.05) is 28.1 Å². The first-order valence-corrected chi connectivity index (χ1v) is 6.94. The molecule has 0 unspecified atom stereocenters. The van der Waals surface area contributed by atoms with Crippen molar-refractivity contribution >= 4 is 33.2 Å². The molecule has 0 aliphatic rings. The third-order valence-electron chi connectivity index (χ3n) is 2.40. The Kier molecular flexibility index (Phi) is 3.97. The van der Waals surface area contributed by atoms with E-state index < -0.39 is 0 Å². The van der Waals surface area contributed by atoms with Gasteiger partial charge in [0.25, 0.3) is 5.91 Å². The van der Waals surface area contributed by atoms with E-state index in [9.17, 15) is 4.79 Å². The van der Waals surface area contributed by atoms with Crippen molar-refractivity contribution in [2.45, 2.75) is 13.0 Å². The molecule has 0 aliphatic carbocycles. The number of amides is 1. The molecule has 1 heterocycles. The molecule has 1 atom stereocenters. The second kappa shape index (κ2) is 5.47. The van der Waals surface area contributed by atoms with Gasteiger partial charge >= 0.3 is 0 Å². The highest BCUT2D eigenvalue weighted by Crippen LogP contribution is 2.19. The number of benzene rings is 1. The van der Waals surface area contributed by atoms with Crippen molar-refractivity contribution in [1.29, 1.82) is 0 Å². The minimum absolute atomic E-state index is 0.0430. The summed E-state index contributed by atoms with van der Waals surface area (Å²) in [5.41, 5.74) is 0.669. The third kappa shape index (κ3) is 3.17. The molecule has 88 valence electrons. The second-order valence-electron chi connectivity index (χ2n) is 3.72. The van der Waals surface area contributed by atoms with E-state index in [0.29, 0.717) is 5.56 Å². The molecule has 0 spiro atoms. The molecular weight excluding hydrogens is 298 g/mol. The Hall–Kier alpha value is -1.13. The number of hydrogen-bond acceptors (Lipinski definition) is 2. The minimum Gasteiger partial charge on any atom is -0.345 e. The van der Waals surface area contributed by atoms with Gasteiger partial charge in [0.2, 0.25) is 0 Å². The van der Waals surface area contributed by atoms with Crippen LogP contribution in [0.3, 0.4) is 0 Å². The lowest BCUT2D eigenvalue weighted by Gasteiger charge is -2.12. The van der Waals surface area contributed by atoms with Gasteiger partial charge in [-0.3, -0.25) is 4.79 Å². The maximum absolute atomic E-state index is 12.0. The van der Waals surface area contributed by atoms with Gasteiger partial charge in [-0.2, -0.15) is 0 Å². The first-order valence-electron chi connectivity index (χ1n) is 5.26. The molecule has 2 nitrogen and oxygen atoms in total. The van der Waals surface area contributed by atoms with Crippen molar-refractivity contribution < 1.29 is 4.79 Å². The van der Waals surface area contributed by atoms with Crippen LogP contribution >= 0.6 is 27.3 Å². The van der Waals surface area contributed by atoms with E-state index in [0.717, 1.165) is 9.35 Å². The summed E-state index contributed by atoms with van der Waals surface area (Å²) in [5, 5.41) is 4.99. The lowest BCUT2D eigenvalue weighted by atomic mass is 10.2. The second-order valence-corrected chi connectivity index (χ2v) is 5.62. The lowest BCUT2D eigenvalue weighted by Crippen LogP contribution is -2.26. The van der Waals surface area contributed by atoms with Crippen molar-refractivity contribution in [2.24, 2.45) is 0 Å². The maximum atomic E-state index is 12.0. The Morgan fingerprint density at radius 2 is 2.18 bits per heavy atom. The fraction of sp³-hybridized carbons (Fsp3) is 0.154. The summed E-state index contributed by atoms with van der Waals surface area (Å²) in [4.78, 5) is 13.1. The first-order chi connectivity index (χ1) is 8.16. The molecule has 0 aliphatic heterocycles. The van der Waals surface area contributed by atoms with Crippen LogP contribution in [0.5, 0.6) is 0 Å². The number of rotatable bonds is 3.